The summed E-state index contributed by atoms with van der Waals surface area (Å²) in [7, 11) is 0. The fourth-order valence-electron chi connectivity index (χ4n) is 7.02. The molecule has 0 radical (unpaired) electrons. The van der Waals surface area contributed by atoms with Crippen molar-refractivity contribution >= 4 is 23.4 Å². The molecule has 3 aliphatic heterocycles. The number of aryl methyl sites for hydroxylation is 2. The standard InChI is InChI=1S/C31H34FN3O4/c1-18-14-19(2)16-23(15-18)34-28(36)25-24-12-13-31(39-24)26(25)30(38)35(17-20-8-10-21(32)11-9-20)27(31)29(37)33-22-6-4-3-5-7-22/h8-16,22,24-27H,3-7,17H2,1-2H3,(H,33,37)(H,34,36)/t24-,25?,26-,27?,31?/m0/s1. The number of hydrogen-bond acceptors (Lipinski definition) is 4. The molecule has 4 aliphatic rings. The normalized spacial score (nSPS) is 29.5. The minimum absolute atomic E-state index is 0.0516. The van der Waals surface area contributed by atoms with Crippen LogP contribution in [-0.4, -0.2) is 46.4 Å². The molecule has 204 valence electrons. The Balaban J connectivity index is 1.32. The second kappa shape index (κ2) is 9.90. The van der Waals surface area contributed by atoms with E-state index in [0.29, 0.717) is 11.3 Å². The van der Waals surface area contributed by atoms with E-state index >= 15 is 0 Å². The van der Waals surface area contributed by atoms with Crippen molar-refractivity contribution in [2.45, 2.75) is 76.3 Å². The highest BCUT2D eigenvalue weighted by Gasteiger charge is 2.72. The van der Waals surface area contributed by atoms with E-state index in [2.05, 4.69) is 10.6 Å². The van der Waals surface area contributed by atoms with Crippen molar-refractivity contribution in [2.24, 2.45) is 11.8 Å². The summed E-state index contributed by atoms with van der Waals surface area (Å²) in [4.78, 5) is 43.2. The summed E-state index contributed by atoms with van der Waals surface area (Å²) < 4.78 is 20.0. The number of anilines is 1. The van der Waals surface area contributed by atoms with Gasteiger partial charge in [-0.15, -0.1) is 0 Å². The topological polar surface area (TPSA) is 87.7 Å². The zero-order valence-corrected chi connectivity index (χ0v) is 22.3. The fraction of sp³-hybridized carbons (Fsp3) is 0.452. The van der Waals surface area contributed by atoms with Gasteiger partial charge in [0.1, 0.15) is 17.5 Å². The van der Waals surface area contributed by atoms with Gasteiger partial charge in [-0.1, -0.05) is 49.6 Å². The highest BCUT2D eigenvalue weighted by atomic mass is 19.1. The predicted octanol–water partition coefficient (Wildman–Crippen LogP) is 4.18. The molecule has 2 aromatic carbocycles. The van der Waals surface area contributed by atoms with Crippen LogP contribution in [0.25, 0.3) is 0 Å². The first-order valence-corrected chi connectivity index (χ1v) is 13.9. The summed E-state index contributed by atoms with van der Waals surface area (Å²) in [5, 5.41) is 6.18. The SMILES string of the molecule is Cc1cc(C)cc(NC(=O)C2[C@@H]3C=CC4(O3)C(C(=O)NC3CCCCC3)N(Cc3ccc(F)cc3)C(=O)[C@H]24)c1. The van der Waals surface area contributed by atoms with Crippen LogP contribution in [0.15, 0.2) is 54.6 Å². The molecular weight excluding hydrogens is 497 g/mol. The highest BCUT2D eigenvalue weighted by Crippen LogP contribution is 2.55. The lowest BCUT2D eigenvalue weighted by Crippen LogP contribution is -2.56. The molecule has 2 bridgehead atoms. The Morgan fingerprint density at radius 2 is 1.72 bits per heavy atom. The average Bonchev–Trinajstić information content (AvgIpc) is 3.53. The summed E-state index contributed by atoms with van der Waals surface area (Å²) in [6.07, 6.45) is 8.11. The lowest BCUT2D eigenvalue weighted by molar-refractivity contribution is -0.142. The lowest BCUT2D eigenvalue weighted by Gasteiger charge is -2.34. The van der Waals surface area contributed by atoms with E-state index in [4.69, 9.17) is 4.74 Å². The average molecular weight is 532 g/mol. The van der Waals surface area contributed by atoms with Crippen molar-refractivity contribution < 1.29 is 23.5 Å². The van der Waals surface area contributed by atoms with E-state index in [9.17, 15) is 18.8 Å². The van der Waals surface area contributed by atoms with Gasteiger partial charge in [0.25, 0.3) is 0 Å². The number of nitrogens with one attached hydrogen (secondary N) is 2. The quantitative estimate of drug-likeness (QED) is 0.548. The Kier molecular flexibility index (Phi) is 6.53. The summed E-state index contributed by atoms with van der Waals surface area (Å²) in [6.45, 7) is 4.04. The number of carbonyl (C=O) groups excluding carboxylic acids is 3. The number of halogens is 1. The molecule has 3 fully saturated rings. The van der Waals surface area contributed by atoms with Gasteiger partial charge >= 0.3 is 0 Å². The van der Waals surface area contributed by atoms with Crippen LogP contribution in [0.3, 0.4) is 0 Å². The van der Waals surface area contributed by atoms with Gasteiger partial charge in [-0.3, -0.25) is 14.4 Å². The fourth-order valence-corrected chi connectivity index (χ4v) is 7.02. The molecule has 1 saturated carbocycles. The molecule has 6 rings (SSSR count). The summed E-state index contributed by atoms with van der Waals surface area (Å²) >= 11 is 0. The first kappa shape index (κ1) is 25.7. The number of rotatable bonds is 6. The monoisotopic (exact) mass is 531 g/mol. The van der Waals surface area contributed by atoms with Crippen LogP contribution in [0.5, 0.6) is 0 Å². The zero-order valence-electron chi connectivity index (χ0n) is 22.3. The summed E-state index contributed by atoms with van der Waals surface area (Å²) in [6, 6.07) is 10.8. The second-order valence-electron chi connectivity index (χ2n) is 11.5. The van der Waals surface area contributed by atoms with Gasteiger partial charge in [-0.2, -0.15) is 0 Å². The molecule has 3 unspecified atom stereocenters. The minimum Gasteiger partial charge on any atom is -0.359 e. The molecular formula is C31H34FN3O4. The van der Waals surface area contributed by atoms with Crippen LogP contribution in [0.4, 0.5) is 10.1 Å². The molecule has 39 heavy (non-hydrogen) atoms. The van der Waals surface area contributed by atoms with Gasteiger partial charge in [0.2, 0.25) is 17.7 Å². The maximum absolute atomic E-state index is 14.1. The van der Waals surface area contributed by atoms with Gasteiger partial charge in [0.15, 0.2) is 0 Å². The number of amides is 3. The third-order valence-corrected chi connectivity index (χ3v) is 8.63. The molecule has 1 spiro atoms. The number of carbonyl (C=O) groups is 3. The molecule has 7 nitrogen and oxygen atoms in total. The third-order valence-electron chi connectivity index (χ3n) is 8.63. The van der Waals surface area contributed by atoms with Crippen molar-refractivity contribution in [1.29, 1.82) is 0 Å². The number of ether oxygens (including phenoxy) is 1. The smallest absolute Gasteiger partial charge is 0.246 e. The Hall–Kier alpha value is -3.52. The molecule has 2 aromatic rings. The van der Waals surface area contributed by atoms with Gasteiger partial charge in [-0.05, 0) is 67.6 Å². The third kappa shape index (κ3) is 4.54. The van der Waals surface area contributed by atoms with Gasteiger partial charge in [0.05, 0.1) is 17.9 Å². The summed E-state index contributed by atoms with van der Waals surface area (Å²) in [5.74, 6) is -2.84. The number of likely N-dealkylation sites (tertiary alicyclic amines) is 1. The van der Waals surface area contributed by atoms with Gasteiger partial charge in [-0.25, -0.2) is 4.39 Å². The van der Waals surface area contributed by atoms with E-state index in [1.165, 1.54) is 17.0 Å². The van der Waals surface area contributed by atoms with Crippen molar-refractivity contribution in [3.05, 3.63) is 77.1 Å². The lowest BCUT2D eigenvalue weighted by atomic mass is 9.74. The first-order chi connectivity index (χ1) is 18.7. The maximum Gasteiger partial charge on any atom is 0.246 e. The van der Waals surface area contributed by atoms with Gasteiger partial charge in [0, 0.05) is 18.3 Å². The van der Waals surface area contributed by atoms with Crippen LogP contribution in [-0.2, 0) is 25.7 Å². The molecule has 2 saturated heterocycles. The van der Waals surface area contributed by atoms with Crippen molar-refractivity contribution in [3.8, 4) is 0 Å². The Morgan fingerprint density at radius 3 is 2.41 bits per heavy atom. The van der Waals surface area contributed by atoms with E-state index in [1.807, 2.05) is 44.2 Å². The Labute approximate surface area is 227 Å². The van der Waals surface area contributed by atoms with E-state index in [0.717, 1.165) is 43.2 Å². The number of hydrogen-bond donors (Lipinski definition) is 2. The summed E-state index contributed by atoms with van der Waals surface area (Å²) in [5.41, 5.74) is 2.18. The van der Waals surface area contributed by atoms with Gasteiger partial charge < -0.3 is 20.3 Å². The van der Waals surface area contributed by atoms with Crippen molar-refractivity contribution in [2.75, 3.05) is 5.32 Å². The zero-order chi connectivity index (χ0) is 27.3. The van der Waals surface area contributed by atoms with Crippen LogP contribution in [0.2, 0.25) is 0 Å². The van der Waals surface area contributed by atoms with Crippen LogP contribution < -0.4 is 10.6 Å². The molecule has 0 aromatic heterocycles. The highest BCUT2D eigenvalue weighted by molar-refractivity contribution is 6.02. The molecule has 8 heteroatoms. The van der Waals surface area contributed by atoms with E-state index < -0.39 is 29.6 Å². The number of nitrogens with zero attached hydrogens (tertiary/aromatic N) is 1. The Bertz CT molecular complexity index is 1320. The largest absolute Gasteiger partial charge is 0.359 e. The maximum atomic E-state index is 14.1. The second-order valence-corrected chi connectivity index (χ2v) is 11.5. The molecule has 1 aliphatic carbocycles. The van der Waals surface area contributed by atoms with Crippen LogP contribution in [0, 0.1) is 31.5 Å². The van der Waals surface area contributed by atoms with Crippen molar-refractivity contribution in [1.82, 2.24) is 10.2 Å². The van der Waals surface area contributed by atoms with E-state index in [-0.39, 0.29) is 36.1 Å². The molecule has 2 N–H and O–H groups in total. The molecule has 3 heterocycles. The molecule has 3 amide bonds. The van der Waals surface area contributed by atoms with Crippen molar-refractivity contribution in [3.63, 3.8) is 0 Å². The Morgan fingerprint density at radius 1 is 1.03 bits per heavy atom. The van der Waals surface area contributed by atoms with Crippen LogP contribution >= 0.6 is 0 Å². The number of fused-ring (bicyclic) bond motifs is 1. The predicted molar refractivity (Wildman–Crippen MR) is 144 cm³/mol. The van der Waals surface area contributed by atoms with E-state index in [1.54, 1.807) is 12.1 Å². The van der Waals surface area contributed by atoms with Crippen LogP contribution in [0.1, 0.15) is 48.8 Å². The molecule has 5 atom stereocenters. The minimum atomic E-state index is -1.23. The first-order valence-electron chi connectivity index (χ1n) is 13.9. The number of benzene rings is 2.